The summed E-state index contributed by atoms with van der Waals surface area (Å²) in [6, 6.07) is 0. The van der Waals surface area contributed by atoms with Crippen LogP contribution in [-0.4, -0.2) is 17.4 Å². The smallest absolute Gasteiger partial charge is 0.244 e. The predicted octanol–water partition coefficient (Wildman–Crippen LogP) is -1.07. The van der Waals surface area contributed by atoms with Gasteiger partial charge in [0.25, 0.3) is 0 Å². The summed E-state index contributed by atoms with van der Waals surface area (Å²) in [5.74, 6) is 0. The Labute approximate surface area is 52.3 Å². The number of imidazole rings is 1. The Morgan fingerprint density at radius 2 is 2.22 bits per heavy atom. The van der Waals surface area contributed by atoms with E-state index in [1.165, 1.54) is 12.4 Å². The van der Waals surface area contributed by atoms with Crippen molar-refractivity contribution in [1.29, 1.82) is 0 Å². The second-order valence-corrected chi connectivity index (χ2v) is 2.89. The van der Waals surface area contributed by atoms with Crippen LogP contribution in [0.1, 0.15) is 0 Å². The van der Waals surface area contributed by atoms with Crippen molar-refractivity contribution in [3.8, 4) is 0 Å². The van der Waals surface area contributed by atoms with Crippen LogP contribution in [0.4, 0.5) is 0 Å². The molecule has 0 aliphatic carbocycles. The molecule has 1 heterocycles. The van der Waals surface area contributed by atoms with Gasteiger partial charge in [-0.05, 0) is 0 Å². The minimum atomic E-state index is -3.61. The van der Waals surface area contributed by atoms with Crippen LogP contribution in [0, 0.1) is 0 Å². The first-order valence-corrected chi connectivity index (χ1v) is 3.62. The number of aromatic nitrogens is 2. The van der Waals surface area contributed by atoms with Crippen molar-refractivity contribution in [1.82, 2.24) is 8.96 Å². The van der Waals surface area contributed by atoms with Crippen molar-refractivity contribution < 1.29 is 8.42 Å². The summed E-state index contributed by atoms with van der Waals surface area (Å²) in [6.07, 6.45) is 3.72. The van der Waals surface area contributed by atoms with Crippen LogP contribution < -0.4 is 5.14 Å². The maximum atomic E-state index is 10.4. The van der Waals surface area contributed by atoms with Gasteiger partial charge in [-0.2, -0.15) is 8.42 Å². The van der Waals surface area contributed by atoms with E-state index in [1.54, 1.807) is 0 Å². The second kappa shape index (κ2) is 1.82. The Balaban J connectivity index is 3.20. The maximum absolute atomic E-state index is 10.4. The van der Waals surface area contributed by atoms with Gasteiger partial charge in [-0.3, -0.25) is 0 Å². The number of nitrogens with zero attached hydrogens (tertiary/aromatic N) is 2. The first kappa shape index (κ1) is 6.24. The summed E-state index contributed by atoms with van der Waals surface area (Å²) in [7, 11) is -3.61. The molecule has 6 heteroatoms. The number of nitrogens with two attached hydrogens (primary N) is 1. The fourth-order valence-electron chi connectivity index (χ4n) is 0.397. The second-order valence-electron chi connectivity index (χ2n) is 1.44. The molecule has 1 rings (SSSR count). The van der Waals surface area contributed by atoms with Gasteiger partial charge in [0.05, 0.1) is 0 Å². The molecule has 50 valence electrons. The average molecular weight is 147 g/mol. The minimum absolute atomic E-state index is 0.826. The van der Waals surface area contributed by atoms with Gasteiger partial charge in [-0.25, -0.2) is 14.1 Å². The molecule has 1 aromatic rings. The summed E-state index contributed by atoms with van der Waals surface area (Å²) >= 11 is 0. The molecule has 0 unspecified atom stereocenters. The minimum Gasteiger partial charge on any atom is -0.244 e. The van der Waals surface area contributed by atoms with Crippen molar-refractivity contribution in [2.24, 2.45) is 5.14 Å². The molecule has 0 aromatic carbocycles. The fraction of sp³-hybridized carbons (Fsp3) is 0. The highest BCUT2D eigenvalue weighted by Crippen LogP contribution is 1.86. The summed E-state index contributed by atoms with van der Waals surface area (Å²) in [4.78, 5) is 3.49. The third-order valence-electron chi connectivity index (χ3n) is 0.774. The number of hydrogen-bond acceptors (Lipinski definition) is 3. The molecule has 0 saturated carbocycles. The Morgan fingerprint density at radius 3 is 2.44 bits per heavy atom. The van der Waals surface area contributed by atoms with E-state index in [2.05, 4.69) is 4.98 Å². The van der Waals surface area contributed by atoms with E-state index in [0.29, 0.717) is 0 Å². The van der Waals surface area contributed by atoms with Crippen LogP contribution in [0.25, 0.3) is 0 Å². The third-order valence-corrected chi connectivity index (χ3v) is 1.58. The zero-order chi connectivity index (χ0) is 6.91. The normalized spacial score (nSPS) is 11.7. The first-order valence-electron chi connectivity index (χ1n) is 2.12. The Kier molecular flexibility index (Phi) is 1.26. The molecule has 2 N–H and O–H groups in total. The number of rotatable bonds is 1. The van der Waals surface area contributed by atoms with E-state index >= 15 is 0 Å². The Morgan fingerprint density at radius 1 is 1.56 bits per heavy atom. The summed E-state index contributed by atoms with van der Waals surface area (Å²) in [6.45, 7) is 0. The molecule has 0 aliphatic heterocycles. The molecule has 0 fully saturated rings. The standard InChI is InChI=1S/C3H5N3O2S/c4-9(7,8)6-2-1-5-3-6/h1-3H,(H2,4,7,8). The lowest BCUT2D eigenvalue weighted by molar-refractivity contribution is 0.589. The highest BCUT2D eigenvalue weighted by atomic mass is 32.2. The van der Waals surface area contributed by atoms with Crippen LogP contribution in [-0.2, 0) is 10.2 Å². The molecule has 5 nitrogen and oxygen atoms in total. The van der Waals surface area contributed by atoms with Gasteiger partial charge >= 0.3 is 10.2 Å². The summed E-state index contributed by atoms with van der Waals surface area (Å²) in [5, 5.41) is 4.70. The zero-order valence-corrected chi connectivity index (χ0v) is 5.25. The summed E-state index contributed by atoms with van der Waals surface area (Å²) < 4.78 is 21.6. The van der Waals surface area contributed by atoms with Gasteiger partial charge in [0.1, 0.15) is 6.33 Å². The zero-order valence-electron chi connectivity index (χ0n) is 4.43. The van der Waals surface area contributed by atoms with Gasteiger partial charge in [0, 0.05) is 12.4 Å². The van der Waals surface area contributed by atoms with Crippen molar-refractivity contribution in [3.63, 3.8) is 0 Å². The van der Waals surface area contributed by atoms with Crippen molar-refractivity contribution in [2.75, 3.05) is 0 Å². The highest BCUT2D eigenvalue weighted by Gasteiger charge is 2.00. The first-order chi connectivity index (χ1) is 4.11. The van der Waals surface area contributed by atoms with Gasteiger partial charge in [0.2, 0.25) is 0 Å². The molecular weight excluding hydrogens is 142 g/mol. The monoisotopic (exact) mass is 147 g/mol. The lowest BCUT2D eigenvalue weighted by Crippen LogP contribution is -2.19. The number of hydrogen-bond donors (Lipinski definition) is 1. The molecule has 0 aliphatic rings. The average Bonchev–Trinajstić information content (AvgIpc) is 2.08. The Bertz CT molecular complexity index is 274. The van der Waals surface area contributed by atoms with Crippen molar-refractivity contribution >= 4 is 10.2 Å². The molecule has 0 amide bonds. The SMILES string of the molecule is NS(=O)(=O)n1ccnc1. The van der Waals surface area contributed by atoms with E-state index in [9.17, 15) is 8.42 Å². The van der Waals surface area contributed by atoms with E-state index in [-0.39, 0.29) is 0 Å². The van der Waals surface area contributed by atoms with Crippen LogP contribution in [0.2, 0.25) is 0 Å². The molecule has 9 heavy (non-hydrogen) atoms. The largest absolute Gasteiger partial charge is 0.303 e. The third kappa shape index (κ3) is 1.27. The molecule has 1 aromatic heterocycles. The Hall–Kier alpha value is -0.880. The lowest BCUT2D eigenvalue weighted by atomic mass is 11.0. The van der Waals surface area contributed by atoms with Crippen LogP contribution in [0.15, 0.2) is 18.7 Å². The lowest BCUT2D eigenvalue weighted by Gasteiger charge is -1.92. The van der Waals surface area contributed by atoms with E-state index < -0.39 is 10.2 Å². The molecule has 0 bridgehead atoms. The van der Waals surface area contributed by atoms with E-state index in [0.717, 1.165) is 10.3 Å². The van der Waals surface area contributed by atoms with Gasteiger partial charge in [-0.1, -0.05) is 0 Å². The molecule has 0 radical (unpaired) electrons. The molecule has 0 spiro atoms. The van der Waals surface area contributed by atoms with Crippen molar-refractivity contribution in [2.45, 2.75) is 0 Å². The van der Waals surface area contributed by atoms with Gasteiger partial charge in [-0.15, -0.1) is 0 Å². The topological polar surface area (TPSA) is 78.0 Å². The molecular formula is C3H5N3O2S. The van der Waals surface area contributed by atoms with Gasteiger partial charge in [0.15, 0.2) is 0 Å². The summed E-state index contributed by atoms with van der Waals surface area (Å²) in [5.41, 5.74) is 0. The molecule has 0 saturated heterocycles. The molecule has 0 atom stereocenters. The van der Waals surface area contributed by atoms with Crippen molar-refractivity contribution in [3.05, 3.63) is 18.7 Å². The van der Waals surface area contributed by atoms with Gasteiger partial charge < -0.3 is 0 Å². The quantitative estimate of drug-likeness (QED) is 0.549. The van der Waals surface area contributed by atoms with E-state index in [1.807, 2.05) is 0 Å². The highest BCUT2D eigenvalue weighted by molar-refractivity contribution is 7.87. The van der Waals surface area contributed by atoms with Crippen LogP contribution in [0.3, 0.4) is 0 Å². The van der Waals surface area contributed by atoms with E-state index in [4.69, 9.17) is 5.14 Å². The maximum Gasteiger partial charge on any atom is 0.303 e. The van der Waals surface area contributed by atoms with Crippen LogP contribution >= 0.6 is 0 Å². The predicted molar refractivity (Wildman–Crippen MR) is 30.7 cm³/mol. The van der Waals surface area contributed by atoms with Crippen LogP contribution in [0.5, 0.6) is 0 Å². The fourth-order valence-corrected chi connectivity index (χ4v) is 0.807.